The standard InChI is InChI=1S/C50H77NO33/c1-50(2)23(51-43(71)42(50)70)8-15-4-6-16(7-5-15)73-44-31(65)26(60)39(21(13-56)75-44)84-49-41(72-3)35(69)40(22(14-57)79-49)83-48-34(68)29(63)38(20(12-55)78-48)82-47-33(67)28(62)37(19(11-54)77-47)81-46-32(66)27(61)36(18(10-53)76-46)80-45-30(64)25(59)24(58)17(9-52)74-45/h4-7,17-41,44-49,52-69H,8-14H2,1-3H3,(H,51,71)/t17-,18-,19-,20-,21-,22-,23?,24-,25+,26-,27-,28-,29-,30-,31-,32-,33-,34-,35+,36-,37-,38-,39-,40-,41-,44-,45+,46+,47+,48+,49+/m1/s1. The van der Waals surface area contributed by atoms with Crippen LogP contribution in [0, 0.1) is 5.41 Å². The van der Waals surface area contributed by atoms with E-state index in [0.29, 0.717) is 6.42 Å². The molecule has 7 fully saturated rings. The minimum Gasteiger partial charge on any atom is -0.462 e. The van der Waals surface area contributed by atoms with E-state index in [0.717, 1.165) is 12.7 Å². The van der Waals surface area contributed by atoms with Crippen molar-refractivity contribution in [2.45, 2.75) is 211 Å². The van der Waals surface area contributed by atoms with Gasteiger partial charge in [0.1, 0.15) is 152 Å². The van der Waals surface area contributed by atoms with Gasteiger partial charge in [-0.2, -0.15) is 0 Å². The highest BCUT2D eigenvalue weighted by atomic mass is 16.8. The maximum atomic E-state index is 12.3. The third-order valence-corrected chi connectivity index (χ3v) is 16.2. The number of carbonyl (C=O) groups is 2. The summed E-state index contributed by atoms with van der Waals surface area (Å²) in [5.74, 6) is -1.04. The lowest BCUT2D eigenvalue weighted by Crippen LogP contribution is -2.68. The zero-order valence-electron chi connectivity index (χ0n) is 45.3. The molecule has 8 rings (SSSR count). The number of hydrogen-bond donors (Lipinski definition) is 19. The summed E-state index contributed by atoms with van der Waals surface area (Å²) >= 11 is 0. The van der Waals surface area contributed by atoms with Gasteiger partial charge < -0.3 is 159 Å². The Morgan fingerprint density at radius 1 is 0.405 bits per heavy atom. The maximum Gasteiger partial charge on any atom is 0.288 e. The SMILES string of the molecule is CO[C@H]1[C@H](O[C@H]2[C@H](O)[C@@H](O)[C@H](Oc3ccc(CC4NC(=O)C(=O)C4(C)C)cc3)O[C@@H]2CO)O[C@H](CO)[C@@H](O[C@@H]2O[C@H](CO)[C@@H](O[C@@H]3O[C@H](CO)[C@@H](O[C@@H]4O[C@H](CO)[C@@H](O[C@@H]5O[C@H](CO)[C@@H](O)[C@H](O)[C@H]5O)[C@H](O)[C@H]4O)[C@H](O)[C@H]3O)[C@H](O)[C@H]2O)[C@@H]1O. The first-order chi connectivity index (χ1) is 39.9. The van der Waals surface area contributed by atoms with Crippen molar-refractivity contribution < 1.29 is 163 Å². The van der Waals surface area contributed by atoms with Crippen LogP contribution in [0.3, 0.4) is 0 Å². The summed E-state index contributed by atoms with van der Waals surface area (Å²) in [4.78, 5) is 24.3. The summed E-state index contributed by atoms with van der Waals surface area (Å²) in [7, 11) is 1.11. The molecule has 0 saturated carbocycles. The van der Waals surface area contributed by atoms with Crippen molar-refractivity contribution >= 4 is 11.7 Å². The number of ketones is 1. The normalized spacial score (nSPS) is 47.3. The Hall–Kier alpha value is -3.04. The zero-order chi connectivity index (χ0) is 61.4. The van der Waals surface area contributed by atoms with Crippen molar-refractivity contribution in [3.05, 3.63) is 29.8 Å². The average molecular weight is 1220 g/mol. The number of hydrogen-bond acceptors (Lipinski definition) is 33. The molecule has 480 valence electrons. The minimum atomic E-state index is -2.18. The molecule has 1 aromatic rings. The Balaban J connectivity index is 0.857. The molecule has 34 nitrogen and oxygen atoms in total. The van der Waals surface area contributed by atoms with Crippen molar-refractivity contribution in [3.8, 4) is 5.75 Å². The monoisotopic (exact) mass is 1220 g/mol. The Morgan fingerprint density at radius 3 is 1.08 bits per heavy atom. The highest BCUT2D eigenvalue weighted by Crippen LogP contribution is 2.38. The average Bonchev–Trinajstić information content (AvgIpc) is 3.17. The second kappa shape index (κ2) is 28.2. The lowest BCUT2D eigenvalue weighted by molar-refractivity contribution is -0.396. The summed E-state index contributed by atoms with van der Waals surface area (Å²) < 4.78 is 74.2. The summed E-state index contributed by atoms with van der Waals surface area (Å²) in [5.41, 5.74) is -0.208. The molecule has 31 atom stereocenters. The number of benzene rings is 1. The Morgan fingerprint density at radius 2 is 0.726 bits per heavy atom. The van der Waals surface area contributed by atoms with Crippen molar-refractivity contribution in [1.29, 1.82) is 0 Å². The van der Waals surface area contributed by atoms with Crippen LogP contribution >= 0.6 is 0 Å². The Kier molecular flexibility index (Phi) is 22.5. The van der Waals surface area contributed by atoms with Crippen LogP contribution in [-0.2, 0) is 72.9 Å². The number of methoxy groups -OCH3 is 1. The molecule has 7 heterocycles. The minimum absolute atomic E-state index is 0.163. The topological polar surface area (TPSA) is 530 Å². The zero-order valence-corrected chi connectivity index (χ0v) is 45.3. The van der Waals surface area contributed by atoms with Crippen LogP contribution < -0.4 is 10.1 Å². The van der Waals surface area contributed by atoms with Crippen molar-refractivity contribution in [2.24, 2.45) is 5.41 Å². The number of aliphatic hydroxyl groups is 18. The third kappa shape index (κ3) is 13.4. The smallest absolute Gasteiger partial charge is 0.288 e. The van der Waals surface area contributed by atoms with Crippen molar-refractivity contribution in [3.63, 3.8) is 0 Å². The van der Waals surface area contributed by atoms with E-state index in [1.54, 1.807) is 26.0 Å². The number of Topliss-reactive ketones (excluding diaryl/α,β-unsaturated/α-hetero) is 1. The number of rotatable bonds is 21. The van der Waals surface area contributed by atoms with Gasteiger partial charge in [-0.25, -0.2) is 0 Å². The van der Waals surface area contributed by atoms with Gasteiger partial charge in [0.25, 0.3) is 5.91 Å². The first-order valence-electron chi connectivity index (χ1n) is 27.0. The molecule has 34 heteroatoms. The molecule has 84 heavy (non-hydrogen) atoms. The van der Waals surface area contributed by atoms with Gasteiger partial charge in [-0.05, 0) is 24.1 Å². The number of nitrogens with one attached hydrogen (secondary N) is 1. The van der Waals surface area contributed by atoms with E-state index in [4.69, 9.17) is 61.6 Å². The highest BCUT2D eigenvalue weighted by molar-refractivity contribution is 6.40. The number of carbonyl (C=O) groups excluding carboxylic acids is 2. The number of ether oxygens (including phenoxy) is 13. The molecule has 0 aromatic heterocycles. The van der Waals surface area contributed by atoms with E-state index >= 15 is 0 Å². The van der Waals surface area contributed by atoms with Gasteiger partial charge in [0.2, 0.25) is 12.1 Å². The lowest BCUT2D eigenvalue weighted by atomic mass is 9.81. The van der Waals surface area contributed by atoms with Gasteiger partial charge in [-0.3, -0.25) is 9.59 Å². The second-order valence-electron chi connectivity index (χ2n) is 22.0. The van der Waals surface area contributed by atoms with Crippen LogP contribution in [0.4, 0.5) is 0 Å². The first kappa shape index (κ1) is 66.9. The van der Waals surface area contributed by atoms with Gasteiger partial charge >= 0.3 is 0 Å². The van der Waals surface area contributed by atoms with Gasteiger partial charge in [0.05, 0.1) is 45.1 Å². The molecule has 0 radical (unpaired) electrons. The summed E-state index contributed by atoms with van der Waals surface area (Å²) in [5, 5.41) is 196. The van der Waals surface area contributed by atoms with Crippen molar-refractivity contribution in [1.82, 2.24) is 5.32 Å². The fourth-order valence-electron chi connectivity index (χ4n) is 11.1. The Labute approximate surface area is 477 Å². The molecule has 19 N–H and O–H groups in total. The molecule has 7 aliphatic heterocycles. The number of aliphatic hydroxyl groups excluding tert-OH is 18. The lowest BCUT2D eigenvalue weighted by Gasteiger charge is -2.50. The molecule has 1 aromatic carbocycles. The molecule has 1 unspecified atom stereocenters. The van der Waals surface area contributed by atoms with Crippen LogP contribution in [0.5, 0.6) is 5.75 Å². The molecular formula is C50H77NO33. The molecule has 1 amide bonds. The van der Waals surface area contributed by atoms with Crippen LogP contribution in [0.1, 0.15) is 19.4 Å². The highest BCUT2D eigenvalue weighted by Gasteiger charge is 2.58. The van der Waals surface area contributed by atoms with Gasteiger partial charge in [-0.15, -0.1) is 0 Å². The molecule has 0 bridgehead atoms. The van der Waals surface area contributed by atoms with Crippen LogP contribution in [-0.4, -0.2) is 341 Å². The molecular weight excluding hydrogens is 1140 g/mol. The van der Waals surface area contributed by atoms with E-state index in [1.807, 2.05) is 0 Å². The molecule has 0 spiro atoms. The fraction of sp³-hybridized carbons (Fsp3) is 0.840. The number of amides is 1. The summed E-state index contributed by atoms with van der Waals surface area (Å²) in [6.07, 6.45) is -54.7. The first-order valence-corrected chi connectivity index (χ1v) is 27.0. The van der Waals surface area contributed by atoms with Crippen molar-refractivity contribution in [2.75, 3.05) is 46.8 Å². The summed E-state index contributed by atoms with van der Waals surface area (Å²) in [6, 6.07) is 5.90. The maximum absolute atomic E-state index is 12.3. The third-order valence-electron chi connectivity index (χ3n) is 16.2. The van der Waals surface area contributed by atoms with Gasteiger partial charge in [-0.1, -0.05) is 26.0 Å². The van der Waals surface area contributed by atoms with E-state index in [-0.39, 0.29) is 5.75 Å². The second-order valence-corrected chi connectivity index (χ2v) is 22.0. The predicted octanol–water partition coefficient (Wildman–Crippen LogP) is -11.7. The fourth-order valence-corrected chi connectivity index (χ4v) is 11.1. The molecule has 7 aliphatic rings. The van der Waals surface area contributed by atoms with Crippen LogP contribution in [0.15, 0.2) is 24.3 Å². The van der Waals surface area contributed by atoms with Crippen LogP contribution in [0.25, 0.3) is 0 Å². The molecule has 7 saturated heterocycles. The predicted molar refractivity (Wildman–Crippen MR) is 263 cm³/mol. The molecule has 0 aliphatic carbocycles. The van der Waals surface area contributed by atoms with Crippen LogP contribution in [0.2, 0.25) is 0 Å². The van der Waals surface area contributed by atoms with E-state index < -0.39 is 247 Å². The summed E-state index contributed by atoms with van der Waals surface area (Å²) in [6.45, 7) is -2.28. The quantitative estimate of drug-likeness (QED) is 0.0508. The van der Waals surface area contributed by atoms with E-state index in [2.05, 4.69) is 5.32 Å². The van der Waals surface area contributed by atoms with E-state index in [1.165, 1.54) is 12.1 Å². The van der Waals surface area contributed by atoms with Gasteiger partial charge in [0, 0.05) is 13.2 Å². The van der Waals surface area contributed by atoms with E-state index in [9.17, 15) is 102 Å². The Bertz CT molecular complexity index is 2270. The largest absolute Gasteiger partial charge is 0.462 e. The van der Waals surface area contributed by atoms with Gasteiger partial charge in [0.15, 0.2) is 31.5 Å².